The molecule has 9 heteroatoms. The second-order valence-electron chi connectivity index (χ2n) is 7.33. The van der Waals surface area contributed by atoms with Crippen molar-refractivity contribution in [2.75, 3.05) is 46.2 Å². The van der Waals surface area contributed by atoms with Crippen LogP contribution in [0.2, 0.25) is 0 Å². The smallest absolute Gasteiger partial charge is 0.341 e. The summed E-state index contributed by atoms with van der Waals surface area (Å²) < 4.78 is 26.6. The number of hydrogen-bond acceptors (Lipinski definition) is 9. The normalized spacial score (nSPS) is 10.5. The predicted octanol–water partition coefficient (Wildman–Crippen LogP) is 3.54. The Morgan fingerprint density at radius 1 is 0.629 bits per heavy atom. The van der Waals surface area contributed by atoms with Crippen LogP contribution in [-0.2, 0) is 18.9 Å². The molecule has 35 heavy (non-hydrogen) atoms. The largest absolute Gasteiger partial charge is 0.490 e. The topological polar surface area (TPSA) is 114 Å². The molecule has 2 rings (SSSR count). The van der Waals surface area contributed by atoms with Crippen molar-refractivity contribution in [1.82, 2.24) is 0 Å². The molecule has 0 unspecified atom stereocenters. The van der Waals surface area contributed by atoms with E-state index in [0.717, 1.165) is 0 Å². The highest BCUT2D eigenvalue weighted by Crippen LogP contribution is 2.22. The Bertz CT molecular complexity index is 1010. The number of carbonyl (C=O) groups is 4. The zero-order valence-corrected chi connectivity index (χ0v) is 20.2. The molecule has 9 nitrogen and oxygen atoms in total. The average molecular weight is 487 g/mol. The lowest BCUT2D eigenvalue weighted by Crippen LogP contribution is -2.15. The summed E-state index contributed by atoms with van der Waals surface area (Å²) >= 11 is 0. The minimum absolute atomic E-state index is 0.0734. The van der Waals surface area contributed by atoms with Gasteiger partial charge in [-0.25, -0.2) is 9.59 Å². The molecule has 0 atom stereocenters. The molecule has 0 fully saturated rings. The van der Waals surface area contributed by atoms with Gasteiger partial charge in [0.05, 0.1) is 38.6 Å². The molecule has 0 aliphatic carbocycles. The van der Waals surface area contributed by atoms with Gasteiger partial charge in [0.25, 0.3) is 0 Å². The third kappa shape index (κ3) is 9.30. The summed E-state index contributed by atoms with van der Waals surface area (Å²) in [4.78, 5) is 46.9. The summed E-state index contributed by atoms with van der Waals surface area (Å²) in [5.74, 6) is -0.978. The maximum atomic E-state index is 12.1. The van der Waals surface area contributed by atoms with E-state index in [4.69, 9.17) is 23.7 Å². The minimum Gasteiger partial charge on any atom is -0.490 e. The van der Waals surface area contributed by atoms with Crippen molar-refractivity contribution in [3.8, 4) is 5.75 Å². The van der Waals surface area contributed by atoms with Gasteiger partial charge in [-0.15, -0.1) is 0 Å². The zero-order valence-electron chi connectivity index (χ0n) is 20.2. The Morgan fingerprint density at radius 2 is 1.17 bits per heavy atom. The van der Waals surface area contributed by atoms with Crippen molar-refractivity contribution in [3.63, 3.8) is 0 Å². The van der Waals surface area contributed by atoms with Crippen LogP contribution in [0.1, 0.15) is 62.2 Å². The van der Waals surface area contributed by atoms with E-state index in [0.29, 0.717) is 29.9 Å². The number of esters is 2. The molecule has 0 N–H and O–H groups in total. The molecule has 188 valence electrons. The standard InChI is InChI=1S/C26H30O9/c1-4-33-26(30)23-10-9-22(19(3)28)17-24(23)34-15-13-31-11-12-32-14-16-35-25(29)21-7-5-20(6-8-21)18(2)27/h5-10,17H,4,11-16H2,1-3H3. The molecule has 0 saturated heterocycles. The molecule has 0 aliphatic heterocycles. The molecule has 0 heterocycles. The summed E-state index contributed by atoms with van der Waals surface area (Å²) in [6, 6.07) is 10.8. The van der Waals surface area contributed by atoms with Crippen LogP contribution in [-0.4, -0.2) is 69.8 Å². The molecule has 0 amide bonds. The van der Waals surface area contributed by atoms with Crippen LogP contribution in [0.5, 0.6) is 5.75 Å². The van der Waals surface area contributed by atoms with Gasteiger partial charge in [0, 0.05) is 11.1 Å². The molecule has 0 spiro atoms. The lowest BCUT2D eigenvalue weighted by atomic mass is 10.1. The summed E-state index contributed by atoms with van der Waals surface area (Å²) in [5, 5.41) is 0. The summed E-state index contributed by atoms with van der Waals surface area (Å²) in [6.45, 7) is 6.09. The number of ketones is 2. The molecular formula is C26H30O9. The van der Waals surface area contributed by atoms with Crippen LogP contribution >= 0.6 is 0 Å². The Kier molecular flexibility index (Phi) is 11.6. The fourth-order valence-corrected chi connectivity index (χ4v) is 2.89. The van der Waals surface area contributed by atoms with Crippen LogP contribution < -0.4 is 4.74 Å². The van der Waals surface area contributed by atoms with E-state index < -0.39 is 11.9 Å². The van der Waals surface area contributed by atoms with Crippen LogP contribution in [0.4, 0.5) is 0 Å². The zero-order chi connectivity index (χ0) is 25.6. The Hall–Kier alpha value is -3.56. The third-order valence-electron chi connectivity index (χ3n) is 4.73. The first-order valence-corrected chi connectivity index (χ1v) is 11.2. The van der Waals surface area contributed by atoms with Crippen molar-refractivity contribution in [2.45, 2.75) is 20.8 Å². The van der Waals surface area contributed by atoms with Crippen molar-refractivity contribution < 1.29 is 42.9 Å². The maximum Gasteiger partial charge on any atom is 0.341 e. The van der Waals surface area contributed by atoms with E-state index in [1.54, 1.807) is 37.3 Å². The van der Waals surface area contributed by atoms with E-state index in [1.807, 2.05) is 0 Å². The SMILES string of the molecule is CCOC(=O)c1ccc(C(C)=O)cc1OCCOCCOCCOC(=O)c1ccc(C(C)=O)cc1. The average Bonchev–Trinajstić information content (AvgIpc) is 2.85. The molecular weight excluding hydrogens is 456 g/mol. The van der Waals surface area contributed by atoms with Crippen LogP contribution in [0.15, 0.2) is 42.5 Å². The van der Waals surface area contributed by atoms with E-state index in [-0.39, 0.29) is 55.9 Å². The van der Waals surface area contributed by atoms with Gasteiger partial charge >= 0.3 is 11.9 Å². The maximum absolute atomic E-state index is 12.1. The summed E-state index contributed by atoms with van der Waals surface area (Å²) in [7, 11) is 0. The van der Waals surface area contributed by atoms with E-state index in [9.17, 15) is 19.2 Å². The number of benzene rings is 2. The molecule has 0 aliphatic rings. The Balaban J connectivity index is 1.62. The van der Waals surface area contributed by atoms with Gasteiger partial charge in [-0.2, -0.15) is 0 Å². The van der Waals surface area contributed by atoms with Crippen LogP contribution in [0.3, 0.4) is 0 Å². The highest BCUT2D eigenvalue weighted by molar-refractivity contribution is 5.98. The lowest BCUT2D eigenvalue weighted by molar-refractivity contribution is 0.0104. The number of Topliss-reactive ketones (excluding diaryl/α,β-unsaturated/α-hetero) is 2. The van der Waals surface area contributed by atoms with E-state index in [1.165, 1.54) is 26.0 Å². The molecule has 0 saturated carbocycles. The molecule has 0 radical (unpaired) electrons. The van der Waals surface area contributed by atoms with Gasteiger partial charge in [0.15, 0.2) is 11.6 Å². The third-order valence-corrected chi connectivity index (χ3v) is 4.73. The summed E-state index contributed by atoms with van der Waals surface area (Å²) in [6.07, 6.45) is 0. The summed E-state index contributed by atoms with van der Waals surface area (Å²) in [5.41, 5.74) is 1.55. The van der Waals surface area contributed by atoms with Crippen LogP contribution in [0, 0.1) is 0 Å². The Morgan fingerprint density at radius 3 is 1.77 bits per heavy atom. The van der Waals surface area contributed by atoms with E-state index in [2.05, 4.69) is 0 Å². The molecule has 2 aromatic rings. The molecule has 0 bridgehead atoms. The second kappa shape index (κ2) is 14.6. The van der Waals surface area contributed by atoms with Crippen molar-refractivity contribution in [1.29, 1.82) is 0 Å². The van der Waals surface area contributed by atoms with Gasteiger partial charge in [-0.1, -0.05) is 18.2 Å². The van der Waals surface area contributed by atoms with Crippen molar-refractivity contribution >= 4 is 23.5 Å². The van der Waals surface area contributed by atoms with Gasteiger partial charge in [0.2, 0.25) is 0 Å². The first-order chi connectivity index (χ1) is 16.8. The van der Waals surface area contributed by atoms with Gasteiger partial charge in [-0.3, -0.25) is 9.59 Å². The molecule has 2 aromatic carbocycles. The van der Waals surface area contributed by atoms with E-state index >= 15 is 0 Å². The number of carbonyl (C=O) groups excluding carboxylic acids is 4. The van der Waals surface area contributed by atoms with Gasteiger partial charge < -0.3 is 23.7 Å². The molecule has 0 aromatic heterocycles. The second-order valence-corrected chi connectivity index (χ2v) is 7.33. The Labute approximate surface area is 204 Å². The van der Waals surface area contributed by atoms with Crippen molar-refractivity contribution in [2.24, 2.45) is 0 Å². The number of ether oxygens (including phenoxy) is 5. The van der Waals surface area contributed by atoms with Gasteiger partial charge in [0.1, 0.15) is 24.5 Å². The van der Waals surface area contributed by atoms with Gasteiger partial charge in [-0.05, 0) is 45.0 Å². The highest BCUT2D eigenvalue weighted by Gasteiger charge is 2.16. The minimum atomic E-state index is -0.527. The number of rotatable bonds is 15. The monoisotopic (exact) mass is 486 g/mol. The predicted molar refractivity (Wildman–Crippen MR) is 126 cm³/mol. The first-order valence-electron chi connectivity index (χ1n) is 11.2. The van der Waals surface area contributed by atoms with Crippen LogP contribution in [0.25, 0.3) is 0 Å². The fraction of sp³-hybridized carbons (Fsp3) is 0.385. The quantitative estimate of drug-likeness (QED) is 0.212. The lowest BCUT2D eigenvalue weighted by Gasteiger charge is -2.12. The van der Waals surface area contributed by atoms with Crippen molar-refractivity contribution in [3.05, 3.63) is 64.7 Å². The fourth-order valence-electron chi connectivity index (χ4n) is 2.89. The highest BCUT2D eigenvalue weighted by atomic mass is 16.6. The first kappa shape index (κ1) is 27.7. The number of hydrogen-bond donors (Lipinski definition) is 0.